The first-order chi connectivity index (χ1) is 11.0. The molecule has 1 aromatic carbocycles. The van der Waals surface area contributed by atoms with Crippen molar-refractivity contribution in [2.45, 2.75) is 0 Å². The molecule has 1 fully saturated rings. The first-order valence-corrected chi connectivity index (χ1v) is 7.50. The standard InChI is InChI=1S/C15H15ClFN5O/c16-12-9-13(20-15(18)19-12)21-5-7-22(8-6-21)14(23)10-1-3-11(17)4-2-10/h1-4,9H,5-8H2,(H2,18,19,20). The number of benzene rings is 1. The lowest BCUT2D eigenvalue weighted by atomic mass is 10.2. The van der Waals surface area contributed by atoms with E-state index < -0.39 is 0 Å². The van der Waals surface area contributed by atoms with E-state index in [1.165, 1.54) is 24.3 Å². The van der Waals surface area contributed by atoms with Crippen LogP contribution < -0.4 is 10.6 Å². The van der Waals surface area contributed by atoms with Crippen LogP contribution in [-0.2, 0) is 0 Å². The summed E-state index contributed by atoms with van der Waals surface area (Å²) in [6.45, 7) is 2.30. The van der Waals surface area contributed by atoms with Crippen molar-refractivity contribution in [1.29, 1.82) is 0 Å². The normalized spacial score (nSPS) is 14.9. The lowest BCUT2D eigenvalue weighted by Gasteiger charge is -2.35. The number of halogens is 2. The number of hydrogen-bond donors (Lipinski definition) is 1. The fraction of sp³-hybridized carbons (Fsp3) is 0.267. The molecule has 0 aliphatic carbocycles. The number of rotatable bonds is 2. The topological polar surface area (TPSA) is 75.3 Å². The van der Waals surface area contributed by atoms with Crippen LogP contribution in [0.3, 0.4) is 0 Å². The van der Waals surface area contributed by atoms with Crippen LogP contribution in [0.1, 0.15) is 10.4 Å². The maximum absolute atomic E-state index is 12.9. The molecule has 6 nitrogen and oxygen atoms in total. The summed E-state index contributed by atoms with van der Waals surface area (Å²) in [5, 5.41) is 0.289. The molecule has 1 aliphatic rings. The Morgan fingerprint density at radius 3 is 2.39 bits per heavy atom. The van der Waals surface area contributed by atoms with Gasteiger partial charge in [-0.2, -0.15) is 4.98 Å². The lowest BCUT2D eigenvalue weighted by Crippen LogP contribution is -2.49. The molecule has 1 saturated heterocycles. The third-order valence-electron chi connectivity index (χ3n) is 3.68. The summed E-state index contributed by atoms with van der Waals surface area (Å²) in [5.74, 6) is 0.309. The predicted octanol–water partition coefficient (Wildman–Crippen LogP) is 1.81. The van der Waals surface area contributed by atoms with Gasteiger partial charge in [-0.25, -0.2) is 9.37 Å². The van der Waals surface area contributed by atoms with Crippen molar-refractivity contribution in [2.75, 3.05) is 36.8 Å². The third kappa shape index (κ3) is 3.50. The molecule has 1 amide bonds. The van der Waals surface area contributed by atoms with Gasteiger partial charge in [-0.1, -0.05) is 11.6 Å². The second-order valence-corrected chi connectivity index (χ2v) is 5.58. The Kier molecular flexibility index (Phi) is 4.29. The number of hydrogen-bond acceptors (Lipinski definition) is 5. The van der Waals surface area contributed by atoms with Crippen LogP contribution in [0.25, 0.3) is 0 Å². The molecule has 2 aromatic rings. The van der Waals surface area contributed by atoms with Gasteiger partial charge in [-0.05, 0) is 24.3 Å². The fourth-order valence-electron chi connectivity index (χ4n) is 2.50. The average molecular weight is 336 g/mol. The maximum Gasteiger partial charge on any atom is 0.253 e. The van der Waals surface area contributed by atoms with E-state index in [1.54, 1.807) is 11.0 Å². The van der Waals surface area contributed by atoms with Gasteiger partial charge in [-0.15, -0.1) is 0 Å². The predicted molar refractivity (Wildman–Crippen MR) is 86.0 cm³/mol. The molecule has 1 aliphatic heterocycles. The molecule has 3 rings (SSSR count). The number of carbonyl (C=O) groups excluding carboxylic acids is 1. The summed E-state index contributed by atoms with van der Waals surface area (Å²) in [5.41, 5.74) is 6.08. The van der Waals surface area contributed by atoms with E-state index in [4.69, 9.17) is 17.3 Å². The average Bonchev–Trinajstić information content (AvgIpc) is 2.54. The Hall–Kier alpha value is -2.41. The van der Waals surface area contributed by atoms with Crippen LogP contribution in [0.15, 0.2) is 30.3 Å². The monoisotopic (exact) mass is 335 g/mol. The minimum absolute atomic E-state index is 0.107. The molecule has 0 unspecified atom stereocenters. The number of amides is 1. The van der Waals surface area contributed by atoms with Crippen LogP contribution in [0, 0.1) is 5.82 Å². The molecule has 0 spiro atoms. The van der Waals surface area contributed by atoms with Gasteiger partial charge in [0, 0.05) is 37.8 Å². The molecule has 120 valence electrons. The van der Waals surface area contributed by atoms with Gasteiger partial charge < -0.3 is 15.5 Å². The number of anilines is 2. The minimum Gasteiger partial charge on any atom is -0.368 e. The van der Waals surface area contributed by atoms with E-state index in [2.05, 4.69) is 9.97 Å². The number of aromatic nitrogens is 2. The lowest BCUT2D eigenvalue weighted by molar-refractivity contribution is 0.0746. The van der Waals surface area contributed by atoms with Crippen molar-refractivity contribution in [3.8, 4) is 0 Å². The molecule has 23 heavy (non-hydrogen) atoms. The quantitative estimate of drug-likeness (QED) is 0.847. The number of nitrogen functional groups attached to an aromatic ring is 1. The van der Waals surface area contributed by atoms with E-state index in [0.29, 0.717) is 37.6 Å². The number of nitrogens with two attached hydrogens (primary N) is 1. The van der Waals surface area contributed by atoms with Gasteiger partial charge >= 0.3 is 0 Å². The van der Waals surface area contributed by atoms with Gasteiger partial charge in [0.25, 0.3) is 5.91 Å². The summed E-state index contributed by atoms with van der Waals surface area (Å²) in [7, 11) is 0. The highest BCUT2D eigenvalue weighted by atomic mass is 35.5. The van der Waals surface area contributed by atoms with E-state index in [1.807, 2.05) is 4.90 Å². The molecule has 0 bridgehead atoms. The molecule has 2 N–H and O–H groups in total. The molecule has 1 aromatic heterocycles. The summed E-state index contributed by atoms with van der Waals surface area (Å²) in [6, 6.07) is 7.21. The largest absolute Gasteiger partial charge is 0.368 e. The number of carbonyl (C=O) groups is 1. The maximum atomic E-state index is 12.9. The van der Waals surface area contributed by atoms with Crippen molar-refractivity contribution in [3.05, 3.63) is 46.9 Å². The Morgan fingerprint density at radius 1 is 1.13 bits per heavy atom. The van der Waals surface area contributed by atoms with E-state index in [0.717, 1.165) is 0 Å². The zero-order valence-electron chi connectivity index (χ0n) is 12.2. The van der Waals surface area contributed by atoms with Crippen LogP contribution in [0.4, 0.5) is 16.2 Å². The second kappa shape index (κ2) is 6.37. The number of nitrogens with zero attached hydrogens (tertiary/aromatic N) is 4. The summed E-state index contributed by atoms with van der Waals surface area (Å²) >= 11 is 5.89. The van der Waals surface area contributed by atoms with Crippen molar-refractivity contribution in [2.24, 2.45) is 0 Å². The van der Waals surface area contributed by atoms with Gasteiger partial charge in [0.2, 0.25) is 5.95 Å². The van der Waals surface area contributed by atoms with E-state index in [9.17, 15) is 9.18 Å². The van der Waals surface area contributed by atoms with Crippen LogP contribution >= 0.6 is 11.6 Å². The van der Waals surface area contributed by atoms with E-state index >= 15 is 0 Å². The zero-order chi connectivity index (χ0) is 16.4. The molecule has 0 atom stereocenters. The summed E-state index contributed by atoms with van der Waals surface area (Å²) in [4.78, 5) is 24.1. The summed E-state index contributed by atoms with van der Waals surface area (Å²) < 4.78 is 12.9. The first-order valence-electron chi connectivity index (χ1n) is 7.13. The molecular formula is C15H15ClFN5O. The SMILES string of the molecule is Nc1nc(Cl)cc(N2CCN(C(=O)c3ccc(F)cc3)CC2)n1. The molecular weight excluding hydrogens is 321 g/mol. The Bertz CT molecular complexity index is 696. The van der Waals surface area contributed by atoms with Crippen molar-refractivity contribution in [1.82, 2.24) is 14.9 Å². The fourth-order valence-corrected chi connectivity index (χ4v) is 2.68. The molecule has 8 heteroatoms. The van der Waals surface area contributed by atoms with Gasteiger partial charge in [0.05, 0.1) is 0 Å². The van der Waals surface area contributed by atoms with Crippen molar-refractivity contribution in [3.63, 3.8) is 0 Å². The number of piperazine rings is 1. The zero-order valence-corrected chi connectivity index (χ0v) is 13.0. The highest BCUT2D eigenvalue weighted by Gasteiger charge is 2.23. The molecule has 2 heterocycles. The Morgan fingerprint density at radius 2 is 1.78 bits per heavy atom. The van der Waals surface area contributed by atoms with Crippen molar-refractivity contribution < 1.29 is 9.18 Å². The van der Waals surface area contributed by atoms with Gasteiger partial charge in [0.15, 0.2) is 0 Å². The van der Waals surface area contributed by atoms with Crippen molar-refractivity contribution >= 4 is 29.3 Å². The van der Waals surface area contributed by atoms with Gasteiger partial charge in [0.1, 0.15) is 16.8 Å². The summed E-state index contributed by atoms with van der Waals surface area (Å²) in [6.07, 6.45) is 0. The Balaban J connectivity index is 1.66. The molecule has 0 saturated carbocycles. The minimum atomic E-state index is -0.357. The second-order valence-electron chi connectivity index (χ2n) is 5.19. The first kappa shape index (κ1) is 15.5. The van der Waals surface area contributed by atoms with Crippen LogP contribution in [0.2, 0.25) is 5.15 Å². The highest BCUT2D eigenvalue weighted by molar-refractivity contribution is 6.29. The molecule has 0 radical (unpaired) electrons. The highest BCUT2D eigenvalue weighted by Crippen LogP contribution is 2.19. The van der Waals surface area contributed by atoms with Crippen LogP contribution in [0.5, 0.6) is 0 Å². The smallest absolute Gasteiger partial charge is 0.253 e. The Labute approximate surface area is 137 Å². The van der Waals surface area contributed by atoms with E-state index in [-0.39, 0.29) is 22.8 Å². The van der Waals surface area contributed by atoms with Crippen LogP contribution in [-0.4, -0.2) is 47.0 Å². The van der Waals surface area contributed by atoms with Gasteiger partial charge in [-0.3, -0.25) is 4.79 Å². The third-order valence-corrected chi connectivity index (χ3v) is 3.87.